The zero-order chi connectivity index (χ0) is 15.2. The van der Waals surface area contributed by atoms with Gasteiger partial charge >= 0.3 is 6.09 Å². The molecule has 1 fully saturated rings. The van der Waals surface area contributed by atoms with E-state index < -0.39 is 0 Å². The van der Waals surface area contributed by atoms with Gasteiger partial charge < -0.3 is 14.5 Å². The number of nitrogens with zero attached hydrogens (tertiary/aromatic N) is 2. The molecule has 5 nitrogen and oxygen atoms in total. The van der Waals surface area contributed by atoms with E-state index in [1.807, 2.05) is 24.3 Å². The maximum atomic E-state index is 12.2. The molecule has 6 heteroatoms. The molecule has 0 bridgehead atoms. The van der Waals surface area contributed by atoms with Gasteiger partial charge in [0.25, 0.3) is 0 Å². The number of hydrogen-bond donors (Lipinski definition) is 0. The number of halogens is 1. The lowest BCUT2D eigenvalue weighted by Crippen LogP contribution is -2.51. The largest absolute Gasteiger partial charge is 0.450 e. The number of rotatable bonds is 3. The van der Waals surface area contributed by atoms with Crippen LogP contribution in [0.5, 0.6) is 0 Å². The number of piperazine rings is 1. The van der Waals surface area contributed by atoms with Gasteiger partial charge in [0.1, 0.15) is 0 Å². The lowest BCUT2D eigenvalue weighted by atomic mass is 10.1. The second-order valence-corrected chi connectivity index (χ2v) is 5.79. The van der Waals surface area contributed by atoms with Crippen molar-refractivity contribution in [1.82, 2.24) is 9.80 Å². The molecular weight excluding hydrogens is 336 g/mol. The van der Waals surface area contributed by atoms with E-state index in [-0.39, 0.29) is 12.0 Å². The van der Waals surface area contributed by atoms with Crippen LogP contribution in [0, 0.1) is 0 Å². The summed E-state index contributed by atoms with van der Waals surface area (Å²) in [7, 11) is 0. The van der Waals surface area contributed by atoms with Crippen LogP contribution in [0.3, 0.4) is 0 Å². The Balaban J connectivity index is 1.83. The molecule has 0 aliphatic carbocycles. The highest BCUT2D eigenvalue weighted by atomic mass is 79.9. The fraction of sp³-hybridized carbons (Fsp3) is 0.467. The average Bonchev–Trinajstić information content (AvgIpc) is 2.50. The van der Waals surface area contributed by atoms with Crippen molar-refractivity contribution < 1.29 is 14.3 Å². The summed E-state index contributed by atoms with van der Waals surface area (Å²) in [5, 5.41) is 0. The van der Waals surface area contributed by atoms with E-state index in [4.69, 9.17) is 4.74 Å². The molecule has 0 atom stereocenters. The maximum absolute atomic E-state index is 12.2. The molecule has 1 aromatic carbocycles. The smallest absolute Gasteiger partial charge is 0.409 e. The lowest BCUT2D eigenvalue weighted by molar-refractivity contribution is -0.132. The zero-order valence-electron chi connectivity index (χ0n) is 12.0. The Morgan fingerprint density at radius 3 is 2.24 bits per heavy atom. The molecule has 0 radical (unpaired) electrons. The molecule has 0 N–H and O–H groups in total. The van der Waals surface area contributed by atoms with Crippen molar-refractivity contribution >= 4 is 27.9 Å². The van der Waals surface area contributed by atoms with E-state index in [0.717, 1.165) is 10.0 Å². The Morgan fingerprint density at radius 1 is 1.10 bits per heavy atom. The molecule has 2 amide bonds. The fourth-order valence-electron chi connectivity index (χ4n) is 2.24. The minimum atomic E-state index is -0.294. The number of hydrogen-bond acceptors (Lipinski definition) is 3. The molecule has 21 heavy (non-hydrogen) atoms. The molecule has 1 aromatic rings. The maximum Gasteiger partial charge on any atom is 0.409 e. The van der Waals surface area contributed by atoms with E-state index in [9.17, 15) is 9.59 Å². The number of amides is 2. The van der Waals surface area contributed by atoms with Gasteiger partial charge in [-0.05, 0) is 24.6 Å². The topological polar surface area (TPSA) is 49.9 Å². The summed E-state index contributed by atoms with van der Waals surface area (Å²) in [6, 6.07) is 7.75. The third kappa shape index (κ3) is 4.46. The first-order valence-electron chi connectivity index (χ1n) is 7.04. The van der Waals surface area contributed by atoms with Gasteiger partial charge in [-0.15, -0.1) is 0 Å². The van der Waals surface area contributed by atoms with Gasteiger partial charge in [-0.25, -0.2) is 4.79 Å². The third-order valence-corrected chi connectivity index (χ3v) is 3.96. The Kier molecular flexibility index (Phi) is 5.61. The monoisotopic (exact) mass is 354 g/mol. The van der Waals surface area contributed by atoms with Gasteiger partial charge in [-0.2, -0.15) is 0 Å². The van der Waals surface area contributed by atoms with E-state index in [1.54, 1.807) is 16.7 Å². The van der Waals surface area contributed by atoms with Gasteiger partial charge in [-0.3, -0.25) is 4.79 Å². The van der Waals surface area contributed by atoms with Crippen LogP contribution in [0.4, 0.5) is 4.79 Å². The zero-order valence-corrected chi connectivity index (χ0v) is 13.6. The number of benzene rings is 1. The normalized spacial score (nSPS) is 15.0. The summed E-state index contributed by atoms with van der Waals surface area (Å²) in [5.41, 5.74) is 0.996. The molecule has 1 aliphatic heterocycles. The second kappa shape index (κ2) is 7.45. The molecule has 1 saturated heterocycles. The van der Waals surface area contributed by atoms with Crippen molar-refractivity contribution in [2.45, 2.75) is 13.3 Å². The van der Waals surface area contributed by atoms with Crippen molar-refractivity contribution in [2.75, 3.05) is 32.8 Å². The molecule has 2 rings (SSSR count). The lowest BCUT2D eigenvalue weighted by Gasteiger charge is -2.34. The highest BCUT2D eigenvalue weighted by Gasteiger charge is 2.24. The number of carbonyl (C=O) groups is 2. The molecule has 1 aliphatic rings. The van der Waals surface area contributed by atoms with Crippen LogP contribution in [0.15, 0.2) is 28.7 Å². The van der Waals surface area contributed by atoms with Gasteiger partial charge in [0.15, 0.2) is 0 Å². The Labute approximate surface area is 133 Å². The average molecular weight is 355 g/mol. The second-order valence-electron chi connectivity index (χ2n) is 4.87. The molecule has 114 valence electrons. The Bertz CT molecular complexity index is 496. The highest BCUT2D eigenvalue weighted by Crippen LogP contribution is 2.12. The molecule has 1 heterocycles. The molecule has 0 spiro atoms. The third-order valence-electron chi connectivity index (χ3n) is 3.43. The molecular formula is C15H19BrN2O3. The summed E-state index contributed by atoms with van der Waals surface area (Å²) in [5.74, 6) is 0.0980. The van der Waals surface area contributed by atoms with E-state index >= 15 is 0 Å². The van der Waals surface area contributed by atoms with Crippen LogP contribution in [0.25, 0.3) is 0 Å². The highest BCUT2D eigenvalue weighted by molar-refractivity contribution is 9.10. The predicted octanol–water partition coefficient (Wildman–Crippen LogP) is 2.29. The predicted molar refractivity (Wildman–Crippen MR) is 83.0 cm³/mol. The van der Waals surface area contributed by atoms with Crippen molar-refractivity contribution in [1.29, 1.82) is 0 Å². The minimum absolute atomic E-state index is 0.0980. The minimum Gasteiger partial charge on any atom is -0.450 e. The van der Waals surface area contributed by atoms with Gasteiger partial charge in [0.05, 0.1) is 13.0 Å². The van der Waals surface area contributed by atoms with Gasteiger partial charge in [0, 0.05) is 30.7 Å². The Morgan fingerprint density at radius 2 is 1.67 bits per heavy atom. The van der Waals surface area contributed by atoms with Crippen LogP contribution in [0.2, 0.25) is 0 Å². The summed E-state index contributed by atoms with van der Waals surface area (Å²) < 4.78 is 5.96. The summed E-state index contributed by atoms with van der Waals surface area (Å²) in [6.07, 6.45) is 0.102. The number of carbonyl (C=O) groups excluding carboxylic acids is 2. The molecule has 0 aromatic heterocycles. The van der Waals surface area contributed by atoms with E-state index in [2.05, 4.69) is 15.9 Å². The molecule has 0 saturated carbocycles. The first-order chi connectivity index (χ1) is 10.1. The van der Waals surface area contributed by atoms with Crippen LogP contribution < -0.4 is 0 Å². The van der Waals surface area contributed by atoms with E-state index in [0.29, 0.717) is 39.2 Å². The van der Waals surface area contributed by atoms with Crippen molar-refractivity contribution in [3.05, 3.63) is 34.3 Å². The summed E-state index contributed by atoms with van der Waals surface area (Å²) >= 11 is 3.38. The van der Waals surface area contributed by atoms with Gasteiger partial charge in [-0.1, -0.05) is 28.1 Å². The van der Waals surface area contributed by atoms with E-state index in [1.165, 1.54) is 0 Å². The standard InChI is InChI=1S/C15H19BrN2O3/c1-2-21-15(20)18-9-7-17(8-10-18)14(19)11-12-3-5-13(16)6-4-12/h3-6H,2,7-11H2,1H3. The van der Waals surface area contributed by atoms with Crippen LogP contribution in [-0.2, 0) is 16.0 Å². The number of ether oxygens (including phenoxy) is 1. The van der Waals surface area contributed by atoms with Crippen molar-refractivity contribution in [2.24, 2.45) is 0 Å². The first kappa shape index (κ1) is 15.8. The summed E-state index contributed by atoms with van der Waals surface area (Å²) in [6.45, 7) is 4.36. The van der Waals surface area contributed by atoms with Crippen LogP contribution in [-0.4, -0.2) is 54.6 Å². The van der Waals surface area contributed by atoms with Gasteiger partial charge in [0.2, 0.25) is 5.91 Å². The quantitative estimate of drug-likeness (QED) is 0.836. The van der Waals surface area contributed by atoms with Crippen LogP contribution >= 0.6 is 15.9 Å². The molecule has 0 unspecified atom stereocenters. The summed E-state index contributed by atoms with van der Waals surface area (Å²) in [4.78, 5) is 27.3. The van der Waals surface area contributed by atoms with Crippen molar-refractivity contribution in [3.8, 4) is 0 Å². The first-order valence-corrected chi connectivity index (χ1v) is 7.83. The Hall–Kier alpha value is -1.56. The fourth-order valence-corrected chi connectivity index (χ4v) is 2.51. The van der Waals surface area contributed by atoms with Crippen molar-refractivity contribution in [3.63, 3.8) is 0 Å². The van der Waals surface area contributed by atoms with Crippen LogP contribution in [0.1, 0.15) is 12.5 Å². The SMILES string of the molecule is CCOC(=O)N1CCN(C(=O)Cc2ccc(Br)cc2)CC1.